The number of fused-ring (bicyclic) bond motifs is 1. The van der Waals surface area contributed by atoms with Crippen molar-refractivity contribution in [2.24, 2.45) is 4.99 Å². The molecule has 1 aliphatic heterocycles. The summed E-state index contributed by atoms with van der Waals surface area (Å²) in [5.74, 6) is -1.04. The second kappa shape index (κ2) is 7.35. The first kappa shape index (κ1) is 18.0. The molecular formula is C23H18F2N2O. The Labute approximate surface area is 162 Å². The predicted molar refractivity (Wildman–Crippen MR) is 106 cm³/mol. The SMILES string of the molecule is C[C@H]1CC(=Nc2ccccc2)c2cc(F)ccc2N1C(=O)c1ccc(F)cc1. The number of amides is 1. The summed E-state index contributed by atoms with van der Waals surface area (Å²) < 4.78 is 27.2. The molecule has 28 heavy (non-hydrogen) atoms. The van der Waals surface area contributed by atoms with Gasteiger partial charge in [-0.2, -0.15) is 0 Å². The van der Waals surface area contributed by atoms with E-state index in [-0.39, 0.29) is 17.8 Å². The molecule has 0 aromatic heterocycles. The van der Waals surface area contributed by atoms with Gasteiger partial charge in [-0.05, 0) is 61.5 Å². The zero-order valence-electron chi connectivity index (χ0n) is 15.3. The average molecular weight is 376 g/mol. The normalized spacial score (nSPS) is 17.5. The van der Waals surface area contributed by atoms with E-state index in [0.717, 1.165) is 11.4 Å². The number of hydrogen-bond acceptors (Lipinski definition) is 2. The Kier molecular flexibility index (Phi) is 4.74. The highest BCUT2D eigenvalue weighted by molar-refractivity contribution is 6.15. The quantitative estimate of drug-likeness (QED) is 0.579. The monoisotopic (exact) mass is 376 g/mol. The van der Waals surface area contributed by atoms with E-state index < -0.39 is 5.82 Å². The summed E-state index contributed by atoms with van der Waals surface area (Å²) >= 11 is 0. The smallest absolute Gasteiger partial charge is 0.258 e. The van der Waals surface area contributed by atoms with Gasteiger partial charge in [-0.15, -0.1) is 0 Å². The van der Waals surface area contributed by atoms with Gasteiger partial charge >= 0.3 is 0 Å². The van der Waals surface area contributed by atoms with Gasteiger partial charge in [0.1, 0.15) is 11.6 Å². The van der Waals surface area contributed by atoms with Crippen LogP contribution in [-0.4, -0.2) is 17.7 Å². The molecule has 0 aliphatic carbocycles. The van der Waals surface area contributed by atoms with Gasteiger partial charge in [0.15, 0.2) is 0 Å². The van der Waals surface area contributed by atoms with Crippen molar-refractivity contribution in [3.63, 3.8) is 0 Å². The summed E-state index contributed by atoms with van der Waals surface area (Å²) in [5.41, 5.74) is 3.09. The van der Waals surface area contributed by atoms with Crippen LogP contribution >= 0.6 is 0 Å². The van der Waals surface area contributed by atoms with Crippen LogP contribution in [0.25, 0.3) is 0 Å². The maximum atomic E-state index is 14.0. The lowest BCUT2D eigenvalue weighted by Crippen LogP contribution is -2.44. The molecule has 1 amide bonds. The maximum absolute atomic E-state index is 14.0. The molecule has 0 unspecified atom stereocenters. The number of benzene rings is 3. The maximum Gasteiger partial charge on any atom is 0.258 e. The topological polar surface area (TPSA) is 32.7 Å². The highest BCUT2D eigenvalue weighted by atomic mass is 19.1. The number of rotatable bonds is 2. The first-order chi connectivity index (χ1) is 13.5. The molecule has 0 radical (unpaired) electrons. The van der Waals surface area contributed by atoms with Crippen LogP contribution in [0.4, 0.5) is 20.2 Å². The van der Waals surface area contributed by atoms with Crippen molar-refractivity contribution in [3.05, 3.63) is 95.6 Å². The van der Waals surface area contributed by atoms with E-state index in [4.69, 9.17) is 4.99 Å². The first-order valence-electron chi connectivity index (χ1n) is 9.04. The molecule has 1 atom stereocenters. The molecule has 1 heterocycles. The van der Waals surface area contributed by atoms with Crippen LogP contribution in [0, 0.1) is 11.6 Å². The van der Waals surface area contributed by atoms with Crippen LogP contribution in [0.1, 0.15) is 29.3 Å². The number of para-hydroxylation sites is 1. The third-order valence-electron chi connectivity index (χ3n) is 4.79. The molecule has 0 N–H and O–H groups in total. The molecule has 0 spiro atoms. The minimum Gasteiger partial charge on any atom is -0.305 e. The molecule has 0 saturated heterocycles. The average Bonchev–Trinajstić information content (AvgIpc) is 2.69. The summed E-state index contributed by atoms with van der Waals surface area (Å²) in [4.78, 5) is 19.4. The Hall–Kier alpha value is -3.34. The second-order valence-corrected chi connectivity index (χ2v) is 6.79. The molecule has 5 heteroatoms. The molecule has 3 aromatic rings. The molecule has 0 bridgehead atoms. The molecule has 3 aromatic carbocycles. The highest BCUT2D eigenvalue weighted by Crippen LogP contribution is 2.34. The lowest BCUT2D eigenvalue weighted by Gasteiger charge is -2.36. The van der Waals surface area contributed by atoms with E-state index in [9.17, 15) is 13.6 Å². The van der Waals surface area contributed by atoms with Crippen molar-refractivity contribution in [2.75, 3.05) is 4.90 Å². The standard InChI is InChI=1S/C23H18F2N2O/c1-15-13-21(26-19-5-3-2-4-6-19)20-14-18(25)11-12-22(20)27(15)23(28)16-7-9-17(24)10-8-16/h2-12,14-15H,13H2,1H3/t15-/m0/s1. The van der Waals surface area contributed by atoms with Gasteiger partial charge in [-0.3, -0.25) is 9.79 Å². The van der Waals surface area contributed by atoms with Crippen molar-refractivity contribution in [2.45, 2.75) is 19.4 Å². The van der Waals surface area contributed by atoms with Crippen LogP contribution in [0.2, 0.25) is 0 Å². The number of hydrogen-bond donors (Lipinski definition) is 0. The van der Waals surface area contributed by atoms with E-state index >= 15 is 0 Å². The molecule has 0 fully saturated rings. The van der Waals surface area contributed by atoms with Gasteiger partial charge in [-0.25, -0.2) is 8.78 Å². The highest BCUT2D eigenvalue weighted by Gasteiger charge is 2.32. The fraction of sp³-hybridized carbons (Fsp3) is 0.130. The number of anilines is 1. The zero-order chi connectivity index (χ0) is 19.7. The van der Waals surface area contributed by atoms with Crippen molar-refractivity contribution < 1.29 is 13.6 Å². The summed E-state index contributed by atoms with van der Waals surface area (Å²) in [7, 11) is 0. The molecule has 4 rings (SSSR count). The van der Waals surface area contributed by atoms with Gasteiger partial charge in [0, 0.05) is 23.6 Å². The van der Waals surface area contributed by atoms with Gasteiger partial charge in [0.05, 0.1) is 17.1 Å². The van der Waals surface area contributed by atoms with Crippen LogP contribution in [0.15, 0.2) is 77.8 Å². The summed E-state index contributed by atoms with van der Waals surface area (Å²) in [6.07, 6.45) is 0.484. The number of carbonyl (C=O) groups is 1. The van der Waals surface area contributed by atoms with E-state index in [1.54, 1.807) is 11.0 Å². The lowest BCUT2D eigenvalue weighted by molar-refractivity contribution is 0.0978. The first-order valence-corrected chi connectivity index (χ1v) is 9.04. The Morgan fingerprint density at radius 2 is 1.64 bits per heavy atom. The lowest BCUT2D eigenvalue weighted by atomic mass is 9.93. The number of carbonyl (C=O) groups excluding carboxylic acids is 1. The number of aliphatic imine (C=N–C) groups is 1. The largest absolute Gasteiger partial charge is 0.305 e. The van der Waals surface area contributed by atoms with E-state index in [1.807, 2.05) is 37.3 Å². The Morgan fingerprint density at radius 3 is 2.36 bits per heavy atom. The van der Waals surface area contributed by atoms with Crippen molar-refractivity contribution >= 4 is 23.0 Å². The molecule has 1 aliphatic rings. The summed E-state index contributed by atoms with van der Waals surface area (Å²) in [6, 6.07) is 19.1. The van der Waals surface area contributed by atoms with Gasteiger partial charge in [-0.1, -0.05) is 18.2 Å². The van der Waals surface area contributed by atoms with Gasteiger partial charge in [0.2, 0.25) is 0 Å². The minimum atomic E-state index is -0.400. The number of halogens is 2. The summed E-state index contributed by atoms with van der Waals surface area (Å²) in [5, 5.41) is 0. The van der Waals surface area contributed by atoms with E-state index in [1.165, 1.54) is 36.4 Å². The third-order valence-corrected chi connectivity index (χ3v) is 4.79. The summed E-state index contributed by atoms with van der Waals surface area (Å²) in [6.45, 7) is 1.92. The fourth-order valence-corrected chi connectivity index (χ4v) is 3.47. The Bertz CT molecular complexity index is 1050. The van der Waals surface area contributed by atoms with Crippen molar-refractivity contribution in [1.29, 1.82) is 0 Å². The molecule has 140 valence electrons. The minimum absolute atomic E-state index is 0.182. The second-order valence-electron chi connectivity index (χ2n) is 6.79. The predicted octanol–water partition coefficient (Wildman–Crippen LogP) is 5.52. The number of nitrogens with zero attached hydrogens (tertiary/aromatic N) is 2. The molecule has 3 nitrogen and oxygen atoms in total. The van der Waals surface area contributed by atoms with Gasteiger partial charge in [0.25, 0.3) is 5.91 Å². The van der Waals surface area contributed by atoms with Crippen LogP contribution in [0.5, 0.6) is 0 Å². The zero-order valence-corrected chi connectivity index (χ0v) is 15.3. The molecule has 0 saturated carbocycles. The van der Waals surface area contributed by atoms with Crippen LogP contribution in [0.3, 0.4) is 0 Å². The van der Waals surface area contributed by atoms with E-state index in [2.05, 4.69) is 0 Å². The van der Waals surface area contributed by atoms with Crippen LogP contribution < -0.4 is 4.90 Å². The Morgan fingerprint density at radius 1 is 0.964 bits per heavy atom. The fourth-order valence-electron chi connectivity index (χ4n) is 3.47. The third kappa shape index (κ3) is 3.43. The van der Waals surface area contributed by atoms with Crippen molar-refractivity contribution in [1.82, 2.24) is 0 Å². The van der Waals surface area contributed by atoms with E-state index in [0.29, 0.717) is 23.2 Å². The Balaban J connectivity index is 1.79. The van der Waals surface area contributed by atoms with Gasteiger partial charge < -0.3 is 4.90 Å². The van der Waals surface area contributed by atoms with Crippen molar-refractivity contribution in [3.8, 4) is 0 Å². The molecular weight excluding hydrogens is 358 g/mol. The van der Waals surface area contributed by atoms with Crippen LogP contribution in [-0.2, 0) is 0 Å².